The molecule has 0 aliphatic rings. The van der Waals surface area contributed by atoms with Crippen LogP contribution < -0.4 is 21.9 Å². The number of carbonyl (C=O) groups is 2. The van der Waals surface area contributed by atoms with E-state index in [1.807, 2.05) is 0 Å². The molecule has 23 heavy (non-hydrogen) atoms. The fourth-order valence-electron chi connectivity index (χ4n) is 1.45. The number of hydrogen-bond acceptors (Lipinski definition) is 5. The largest absolute Gasteiger partial charge is 0.443 e. The van der Waals surface area contributed by atoms with Gasteiger partial charge < -0.3 is 15.8 Å². The first-order valence-electron chi connectivity index (χ1n) is 6.79. The zero-order valence-corrected chi connectivity index (χ0v) is 13.3. The maximum Gasteiger partial charge on any atom is 0.422 e. The molecule has 0 fully saturated rings. The van der Waals surface area contributed by atoms with Crippen molar-refractivity contribution in [3.8, 4) is 0 Å². The van der Waals surface area contributed by atoms with E-state index in [-0.39, 0.29) is 11.4 Å². The molecule has 0 radical (unpaired) electrons. The van der Waals surface area contributed by atoms with Crippen molar-refractivity contribution < 1.29 is 23.1 Å². The monoisotopic (exact) mass is 330 g/mol. The van der Waals surface area contributed by atoms with Crippen molar-refractivity contribution in [1.29, 1.82) is 0 Å². The van der Waals surface area contributed by atoms with E-state index >= 15 is 0 Å². The van der Waals surface area contributed by atoms with Crippen molar-refractivity contribution >= 4 is 23.4 Å². The number of ether oxygens (including phenoxy) is 1. The van der Waals surface area contributed by atoms with Crippen molar-refractivity contribution in [2.24, 2.45) is 0 Å². The van der Waals surface area contributed by atoms with Gasteiger partial charge in [0.05, 0.1) is 11.4 Å². The van der Waals surface area contributed by atoms with E-state index in [0.717, 1.165) is 12.1 Å². The van der Waals surface area contributed by atoms with E-state index in [1.54, 1.807) is 20.8 Å². The summed E-state index contributed by atoms with van der Waals surface area (Å²) >= 11 is 0. The predicted molar refractivity (Wildman–Crippen MR) is 81.4 cm³/mol. The van der Waals surface area contributed by atoms with Crippen LogP contribution in [0.15, 0.2) is 12.1 Å². The molecule has 0 saturated carbocycles. The Balaban J connectivity index is 2.58. The van der Waals surface area contributed by atoms with Crippen molar-refractivity contribution in [3.63, 3.8) is 0 Å². The van der Waals surface area contributed by atoms with Crippen LogP contribution in [0.2, 0.25) is 0 Å². The van der Waals surface area contributed by atoms with Gasteiger partial charge in [0.2, 0.25) is 5.91 Å². The number of nitrogens with one attached hydrogen (secondary N) is 3. The van der Waals surface area contributed by atoms with Crippen LogP contribution >= 0.6 is 0 Å². The third kappa shape index (κ3) is 6.07. The molecule has 128 valence electrons. The fourth-order valence-corrected chi connectivity index (χ4v) is 1.45. The molecule has 1 atom stereocenters. The molecule has 1 rings (SSSR count). The lowest BCUT2D eigenvalue weighted by molar-refractivity contribution is -0.117. The van der Waals surface area contributed by atoms with Gasteiger partial charge in [-0.2, -0.15) is 0 Å². The number of nitrogen functional groups attached to an aromatic ring is 1. The van der Waals surface area contributed by atoms with Gasteiger partial charge in [-0.05, 0) is 27.7 Å². The summed E-state index contributed by atoms with van der Waals surface area (Å²) in [6, 6.07) is 0.661. The second kappa shape index (κ2) is 7.23. The molecule has 5 N–H and O–H groups in total. The van der Waals surface area contributed by atoms with Crippen LogP contribution in [0.25, 0.3) is 0 Å². The first-order valence-corrected chi connectivity index (χ1v) is 6.79. The highest BCUT2D eigenvalue weighted by molar-refractivity contribution is 5.97. The maximum absolute atomic E-state index is 13.2. The van der Waals surface area contributed by atoms with Crippen LogP contribution in [-0.2, 0) is 9.53 Å². The second-order valence-electron chi connectivity index (χ2n) is 5.84. The van der Waals surface area contributed by atoms with Crippen molar-refractivity contribution in [2.75, 3.05) is 11.1 Å². The Labute approximate surface area is 132 Å². The lowest BCUT2D eigenvalue weighted by Crippen LogP contribution is -2.49. The standard InChI is InChI=1S/C14H20F2N4O3/c1-7(19-20-13(22)23-14(2,3)4)12(21)18-11-6-9(16)8(15)5-10(11)17/h5-7,19H,17H2,1-4H3,(H,18,21)(H,20,22). The molecule has 0 heterocycles. The highest BCUT2D eigenvalue weighted by atomic mass is 19.2. The van der Waals surface area contributed by atoms with E-state index in [1.165, 1.54) is 6.92 Å². The normalized spacial score (nSPS) is 12.4. The van der Waals surface area contributed by atoms with Gasteiger partial charge in [0.15, 0.2) is 11.6 Å². The molecule has 2 amide bonds. The van der Waals surface area contributed by atoms with Crippen LogP contribution in [0, 0.1) is 11.6 Å². The Morgan fingerprint density at radius 3 is 2.35 bits per heavy atom. The lowest BCUT2D eigenvalue weighted by Gasteiger charge is -2.21. The Morgan fingerprint density at radius 2 is 1.78 bits per heavy atom. The molecule has 0 bridgehead atoms. The van der Waals surface area contributed by atoms with Crippen LogP contribution in [-0.4, -0.2) is 23.6 Å². The number of hydrogen-bond donors (Lipinski definition) is 4. The summed E-state index contributed by atoms with van der Waals surface area (Å²) in [7, 11) is 0. The summed E-state index contributed by atoms with van der Waals surface area (Å²) in [6.07, 6.45) is -0.760. The molecule has 0 aromatic heterocycles. The summed E-state index contributed by atoms with van der Waals surface area (Å²) < 4.78 is 31.1. The van der Waals surface area contributed by atoms with Crippen LogP contribution in [0.1, 0.15) is 27.7 Å². The molecular weight excluding hydrogens is 310 g/mol. The molecule has 1 aromatic rings. The van der Waals surface area contributed by atoms with Crippen LogP contribution in [0.4, 0.5) is 25.0 Å². The van der Waals surface area contributed by atoms with E-state index < -0.39 is 35.3 Å². The Kier molecular flexibility index (Phi) is 5.85. The summed E-state index contributed by atoms with van der Waals surface area (Å²) in [5, 5.41) is 2.32. The number of benzene rings is 1. The number of halogens is 2. The maximum atomic E-state index is 13.2. The summed E-state index contributed by atoms with van der Waals surface area (Å²) in [5.41, 5.74) is 9.25. The van der Waals surface area contributed by atoms with Crippen molar-refractivity contribution in [1.82, 2.24) is 10.9 Å². The Hall–Kier alpha value is -2.42. The number of carbonyl (C=O) groups excluding carboxylic acids is 2. The van der Waals surface area contributed by atoms with E-state index in [0.29, 0.717) is 0 Å². The van der Waals surface area contributed by atoms with E-state index in [9.17, 15) is 18.4 Å². The van der Waals surface area contributed by atoms with Gasteiger partial charge in [-0.25, -0.2) is 19.0 Å². The lowest BCUT2D eigenvalue weighted by atomic mass is 10.2. The minimum atomic E-state index is -1.14. The van der Waals surface area contributed by atoms with Crippen molar-refractivity contribution in [2.45, 2.75) is 39.3 Å². The van der Waals surface area contributed by atoms with E-state index in [4.69, 9.17) is 10.5 Å². The number of rotatable bonds is 4. The summed E-state index contributed by atoms with van der Waals surface area (Å²) in [4.78, 5) is 23.4. The third-order valence-electron chi connectivity index (χ3n) is 2.53. The molecule has 0 saturated heterocycles. The molecule has 9 heteroatoms. The quantitative estimate of drug-likeness (QED) is 0.498. The molecule has 0 aliphatic carbocycles. The molecule has 0 spiro atoms. The van der Waals surface area contributed by atoms with Gasteiger partial charge in [-0.3, -0.25) is 10.2 Å². The number of anilines is 2. The first-order chi connectivity index (χ1) is 10.5. The zero-order valence-electron chi connectivity index (χ0n) is 13.3. The summed E-state index contributed by atoms with van der Waals surface area (Å²) in [5.74, 6) is -2.86. The van der Waals surface area contributed by atoms with Gasteiger partial charge in [0, 0.05) is 12.1 Å². The number of nitrogens with two attached hydrogens (primary N) is 1. The average molecular weight is 330 g/mol. The third-order valence-corrected chi connectivity index (χ3v) is 2.53. The first kappa shape index (κ1) is 18.6. The van der Waals surface area contributed by atoms with Crippen molar-refractivity contribution in [3.05, 3.63) is 23.8 Å². The van der Waals surface area contributed by atoms with Gasteiger partial charge in [-0.1, -0.05) is 0 Å². The Bertz CT molecular complexity index is 602. The topological polar surface area (TPSA) is 105 Å². The van der Waals surface area contributed by atoms with Gasteiger partial charge in [0.1, 0.15) is 11.6 Å². The SMILES string of the molecule is CC(NNC(=O)OC(C)(C)C)C(=O)Nc1cc(F)c(F)cc1N. The van der Waals surface area contributed by atoms with Gasteiger partial charge in [-0.15, -0.1) is 0 Å². The van der Waals surface area contributed by atoms with Crippen LogP contribution in [0.5, 0.6) is 0 Å². The fraction of sp³-hybridized carbons (Fsp3) is 0.429. The Morgan fingerprint density at radius 1 is 1.22 bits per heavy atom. The van der Waals surface area contributed by atoms with Gasteiger partial charge >= 0.3 is 6.09 Å². The summed E-state index contributed by atoms with van der Waals surface area (Å²) in [6.45, 7) is 6.51. The molecular formula is C14H20F2N4O3. The van der Waals surface area contributed by atoms with E-state index in [2.05, 4.69) is 16.2 Å². The van der Waals surface area contributed by atoms with Gasteiger partial charge in [0.25, 0.3) is 0 Å². The highest BCUT2D eigenvalue weighted by Crippen LogP contribution is 2.22. The molecule has 1 aromatic carbocycles. The van der Waals surface area contributed by atoms with Crippen LogP contribution in [0.3, 0.4) is 0 Å². The average Bonchev–Trinajstić information content (AvgIpc) is 2.40. The predicted octanol–water partition coefficient (Wildman–Crippen LogP) is 1.90. The smallest absolute Gasteiger partial charge is 0.422 e. The molecule has 0 aliphatic heterocycles. The number of hydrazine groups is 1. The highest BCUT2D eigenvalue weighted by Gasteiger charge is 2.19. The molecule has 1 unspecified atom stereocenters. The molecule has 7 nitrogen and oxygen atoms in total. The number of amides is 2. The minimum Gasteiger partial charge on any atom is -0.443 e. The second-order valence-corrected chi connectivity index (χ2v) is 5.84. The minimum absolute atomic E-state index is 0.0696. The zero-order chi connectivity index (χ0) is 17.8.